The number of nitrogens with zero attached hydrogens (tertiary/aromatic N) is 1. The van der Waals surface area contributed by atoms with Gasteiger partial charge in [-0.2, -0.15) is 0 Å². The van der Waals surface area contributed by atoms with E-state index in [1.165, 1.54) is 6.20 Å². The van der Waals surface area contributed by atoms with Crippen molar-refractivity contribution in [3.05, 3.63) is 59.9 Å². The lowest BCUT2D eigenvalue weighted by molar-refractivity contribution is -0.136. The molecule has 4 nitrogen and oxygen atoms in total. The van der Waals surface area contributed by atoms with Gasteiger partial charge in [0.25, 0.3) is 0 Å². The summed E-state index contributed by atoms with van der Waals surface area (Å²) in [5, 5.41) is 8.92. The number of carboxylic acids is 1. The molecule has 0 aromatic heterocycles. The van der Waals surface area contributed by atoms with Crippen LogP contribution in [0.1, 0.15) is 0 Å². The standard InChI is InChI=1S/C12H9NO3/c14-12(15)10-7-13-6-2-4-8-3-1-5-9(16-10)11(8)13/h1-7,11H,(H,14,15). The van der Waals surface area contributed by atoms with E-state index in [0.717, 1.165) is 5.57 Å². The van der Waals surface area contributed by atoms with Gasteiger partial charge < -0.3 is 14.7 Å². The fraction of sp³-hybridized carbons (Fsp3) is 0.0833. The van der Waals surface area contributed by atoms with Gasteiger partial charge in [-0.3, -0.25) is 0 Å². The molecule has 0 radical (unpaired) electrons. The summed E-state index contributed by atoms with van der Waals surface area (Å²) in [6.45, 7) is 0. The Balaban J connectivity index is 2.09. The van der Waals surface area contributed by atoms with Gasteiger partial charge in [-0.1, -0.05) is 18.2 Å². The summed E-state index contributed by atoms with van der Waals surface area (Å²) >= 11 is 0. The van der Waals surface area contributed by atoms with Gasteiger partial charge in [0.15, 0.2) is 0 Å². The third-order valence-electron chi connectivity index (χ3n) is 2.68. The van der Waals surface area contributed by atoms with E-state index in [0.29, 0.717) is 5.76 Å². The smallest absolute Gasteiger partial charge is 0.373 e. The summed E-state index contributed by atoms with van der Waals surface area (Å²) in [4.78, 5) is 12.7. The largest absolute Gasteiger partial charge is 0.475 e. The van der Waals surface area contributed by atoms with Crippen LogP contribution in [0.2, 0.25) is 0 Å². The van der Waals surface area contributed by atoms with Crippen molar-refractivity contribution >= 4 is 5.97 Å². The number of allylic oxidation sites excluding steroid dienone is 4. The summed E-state index contributed by atoms with van der Waals surface area (Å²) < 4.78 is 5.34. The van der Waals surface area contributed by atoms with Crippen LogP contribution < -0.4 is 0 Å². The molecule has 80 valence electrons. The van der Waals surface area contributed by atoms with Crippen molar-refractivity contribution in [2.24, 2.45) is 0 Å². The molecule has 2 heterocycles. The lowest BCUT2D eigenvalue weighted by Crippen LogP contribution is -2.37. The van der Waals surface area contributed by atoms with Gasteiger partial charge in [-0.25, -0.2) is 4.79 Å². The minimum atomic E-state index is -1.06. The minimum absolute atomic E-state index is 0.0156. The summed E-state index contributed by atoms with van der Waals surface area (Å²) in [6.07, 6.45) is 12.9. The highest BCUT2D eigenvalue weighted by molar-refractivity contribution is 5.84. The van der Waals surface area contributed by atoms with E-state index in [2.05, 4.69) is 0 Å². The zero-order valence-corrected chi connectivity index (χ0v) is 8.33. The zero-order chi connectivity index (χ0) is 11.1. The van der Waals surface area contributed by atoms with E-state index in [9.17, 15) is 4.79 Å². The maximum absolute atomic E-state index is 10.9. The molecule has 0 spiro atoms. The van der Waals surface area contributed by atoms with Crippen molar-refractivity contribution in [2.75, 3.05) is 0 Å². The van der Waals surface area contributed by atoms with Gasteiger partial charge in [0.2, 0.25) is 5.76 Å². The first kappa shape index (κ1) is 9.03. The lowest BCUT2D eigenvalue weighted by atomic mass is 9.95. The molecule has 1 unspecified atom stereocenters. The fourth-order valence-electron chi connectivity index (χ4n) is 2.00. The second kappa shape index (κ2) is 3.13. The molecular formula is C12H9NO3. The van der Waals surface area contributed by atoms with Crippen LogP contribution in [0.5, 0.6) is 0 Å². The van der Waals surface area contributed by atoms with E-state index in [4.69, 9.17) is 9.84 Å². The average Bonchev–Trinajstić information content (AvgIpc) is 2.29. The second-order valence-electron chi connectivity index (χ2n) is 3.69. The third-order valence-corrected chi connectivity index (χ3v) is 2.68. The van der Waals surface area contributed by atoms with Gasteiger partial charge in [-0.15, -0.1) is 0 Å². The molecule has 0 saturated carbocycles. The second-order valence-corrected chi connectivity index (χ2v) is 3.69. The zero-order valence-electron chi connectivity index (χ0n) is 8.33. The molecule has 0 aromatic carbocycles. The SMILES string of the molecule is O=C(O)C1=CN2C=CC=C3C=CC=C(O1)C32. The molecule has 0 fully saturated rings. The van der Waals surface area contributed by atoms with Crippen LogP contribution in [0.25, 0.3) is 0 Å². The number of carbonyl (C=O) groups is 1. The number of carboxylic acid groups (broad SMARTS) is 1. The van der Waals surface area contributed by atoms with E-state index in [1.54, 1.807) is 6.08 Å². The van der Waals surface area contributed by atoms with Gasteiger partial charge in [0.05, 0.1) is 6.20 Å². The Kier molecular flexibility index (Phi) is 1.77. The molecule has 2 aliphatic heterocycles. The minimum Gasteiger partial charge on any atom is -0.475 e. The first-order valence-electron chi connectivity index (χ1n) is 4.93. The number of rotatable bonds is 1. The van der Waals surface area contributed by atoms with Crippen molar-refractivity contribution in [2.45, 2.75) is 6.04 Å². The molecule has 0 amide bonds. The molecule has 0 aromatic rings. The fourth-order valence-corrected chi connectivity index (χ4v) is 2.00. The molecule has 3 aliphatic rings. The highest BCUT2D eigenvalue weighted by Gasteiger charge is 2.33. The normalized spacial score (nSPS) is 25.1. The molecule has 1 atom stereocenters. The van der Waals surface area contributed by atoms with Crippen LogP contribution in [0.3, 0.4) is 0 Å². The van der Waals surface area contributed by atoms with Gasteiger partial charge in [0.1, 0.15) is 11.8 Å². The first-order chi connectivity index (χ1) is 7.75. The first-order valence-corrected chi connectivity index (χ1v) is 4.93. The summed E-state index contributed by atoms with van der Waals surface area (Å²) in [5.74, 6) is -0.458. The van der Waals surface area contributed by atoms with Crippen molar-refractivity contribution in [3.63, 3.8) is 0 Å². The predicted octanol–water partition coefficient (Wildman–Crippen LogP) is 1.52. The number of hydrogen-bond acceptors (Lipinski definition) is 3. The average molecular weight is 215 g/mol. The van der Waals surface area contributed by atoms with Crippen LogP contribution in [-0.2, 0) is 9.53 Å². The molecular weight excluding hydrogens is 206 g/mol. The van der Waals surface area contributed by atoms with Crippen LogP contribution >= 0.6 is 0 Å². The van der Waals surface area contributed by atoms with E-state index >= 15 is 0 Å². The molecule has 1 N–H and O–H groups in total. The quantitative estimate of drug-likeness (QED) is 0.720. The molecule has 0 saturated heterocycles. The molecule has 3 rings (SSSR count). The van der Waals surface area contributed by atoms with Crippen molar-refractivity contribution in [3.8, 4) is 0 Å². The molecule has 1 aliphatic carbocycles. The monoisotopic (exact) mass is 215 g/mol. The number of aliphatic carboxylic acids is 1. The summed E-state index contributed by atoms with van der Waals surface area (Å²) in [6, 6.07) is -0.0156. The Hall–Kier alpha value is -2.23. The van der Waals surface area contributed by atoms with E-state index in [1.807, 2.05) is 35.4 Å². The Morgan fingerprint density at radius 2 is 2.25 bits per heavy atom. The van der Waals surface area contributed by atoms with Crippen molar-refractivity contribution in [1.82, 2.24) is 4.90 Å². The van der Waals surface area contributed by atoms with Gasteiger partial charge in [-0.05, 0) is 17.7 Å². The van der Waals surface area contributed by atoms with Gasteiger partial charge in [0, 0.05) is 6.20 Å². The van der Waals surface area contributed by atoms with Crippen LogP contribution in [0.15, 0.2) is 59.9 Å². The van der Waals surface area contributed by atoms with Crippen molar-refractivity contribution < 1.29 is 14.6 Å². The van der Waals surface area contributed by atoms with Gasteiger partial charge >= 0.3 is 5.97 Å². The van der Waals surface area contributed by atoms with Crippen molar-refractivity contribution in [1.29, 1.82) is 0 Å². The summed E-state index contributed by atoms with van der Waals surface area (Å²) in [7, 11) is 0. The highest BCUT2D eigenvalue weighted by atomic mass is 16.5. The van der Waals surface area contributed by atoms with E-state index < -0.39 is 5.97 Å². The van der Waals surface area contributed by atoms with E-state index in [-0.39, 0.29) is 11.8 Å². The Morgan fingerprint density at radius 1 is 1.38 bits per heavy atom. The number of ether oxygens (including phenoxy) is 1. The Labute approximate surface area is 92.1 Å². The maximum atomic E-state index is 10.9. The Morgan fingerprint density at radius 3 is 3.06 bits per heavy atom. The molecule has 4 heteroatoms. The molecule has 0 bridgehead atoms. The number of hydrogen-bond donors (Lipinski definition) is 1. The maximum Gasteiger partial charge on any atom is 0.373 e. The van der Waals surface area contributed by atoms with Crippen LogP contribution in [-0.4, -0.2) is 22.0 Å². The topological polar surface area (TPSA) is 49.8 Å². The third kappa shape index (κ3) is 1.20. The highest BCUT2D eigenvalue weighted by Crippen LogP contribution is 2.33. The Bertz CT molecular complexity index is 508. The summed E-state index contributed by atoms with van der Waals surface area (Å²) in [5.41, 5.74) is 1.10. The lowest BCUT2D eigenvalue weighted by Gasteiger charge is -2.37. The predicted molar refractivity (Wildman–Crippen MR) is 56.9 cm³/mol. The van der Waals surface area contributed by atoms with Crippen LogP contribution in [0, 0.1) is 0 Å². The van der Waals surface area contributed by atoms with Crippen LogP contribution in [0.4, 0.5) is 0 Å². The molecule has 16 heavy (non-hydrogen) atoms.